The Kier molecular flexibility index (Phi) is 10.4. The zero-order valence-electron chi connectivity index (χ0n) is 24.1. The van der Waals surface area contributed by atoms with Crippen molar-refractivity contribution in [2.45, 2.75) is 38.6 Å². The molecule has 1 amide bonds. The Morgan fingerprint density at radius 3 is 2.45 bits per heavy atom. The molecule has 2 heterocycles. The van der Waals surface area contributed by atoms with Crippen molar-refractivity contribution in [3.63, 3.8) is 0 Å². The molecule has 3 aromatic rings. The monoisotopic (exact) mass is 572 g/mol. The van der Waals surface area contributed by atoms with Crippen molar-refractivity contribution in [1.29, 1.82) is 0 Å². The molecule has 0 bridgehead atoms. The molecule has 8 nitrogen and oxygen atoms in total. The molecule has 4 unspecified atom stereocenters. The number of rotatable bonds is 10. The summed E-state index contributed by atoms with van der Waals surface area (Å²) in [5.74, 6) is 0.126. The molecular weight excluding hydrogens is 532 g/mol. The Labute approximate surface area is 247 Å². The molecule has 2 fully saturated rings. The Morgan fingerprint density at radius 2 is 1.74 bits per heavy atom. The van der Waals surface area contributed by atoms with Crippen LogP contribution in [0.25, 0.3) is 11.1 Å². The predicted octanol–water partition coefficient (Wildman–Crippen LogP) is 5.38. The van der Waals surface area contributed by atoms with E-state index in [1.165, 1.54) is 6.08 Å². The van der Waals surface area contributed by atoms with Gasteiger partial charge < -0.3 is 29.4 Å². The highest BCUT2D eigenvalue weighted by Gasteiger charge is 2.39. The minimum atomic E-state index is -0.527. The van der Waals surface area contributed by atoms with Crippen molar-refractivity contribution < 1.29 is 28.8 Å². The molecule has 0 radical (unpaired) electrons. The highest BCUT2D eigenvalue weighted by Crippen LogP contribution is 2.42. The molecule has 222 valence electrons. The lowest BCUT2D eigenvalue weighted by Gasteiger charge is -2.43. The fourth-order valence-electron chi connectivity index (χ4n) is 5.50. The van der Waals surface area contributed by atoms with Crippen LogP contribution in [0.4, 0.5) is 4.79 Å². The highest BCUT2D eigenvalue weighted by molar-refractivity contribution is 5.70. The zero-order valence-corrected chi connectivity index (χ0v) is 24.1. The van der Waals surface area contributed by atoms with Crippen LogP contribution in [0.3, 0.4) is 0 Å². The van der Waals surface area contributed by atoms with Crippen LogP contribution in [0.5, 0.6) is 0 Å². The highest BCUT2D eigenvalue weighted by atomic mass is 16.7. The Morgan fingerprint density at radius 1 is 1.02 bits per heavy atom. The van der Waals surface area contributed by atoms with Crippen molar-refractivity contribution in [2.24, 2.45) is 5.92 Å². The number of nitrogens with one attached hydrogen (secondary N) is 1. The SMILES string of the molecule is C=CCOC(=O)NCc1ccccc1-c1ccc(C2OC(CN3CCOCC3)C(C)C(c3ccc(CO)cc3)O2)cc1. The molecule has 3 aromatic carbocycles. The minimum Gasteiger partial charge on any atom is -0.445 e. The molecule has 5 rings (SSSR count). The van der Waals surface area contributed by atoms with Crippen molar-refractivity contribution in [1.82, 2.24) is 10.2 Å². The fraction of sp³-hybridized carbons (Fsp3) is 0.382. The first-order chi connectivity index (χ1) is 20.6. The predicted molar refractivity (Wildman–Crippen MR) is 160 cm³/mol. The second-order valence-corrected chi connectivity index (χ2v) is 10.8. The van der Waals surface area contributed by atoms with Gasteiger partial charge in [-0.1, -0.05) is 92.4 Å². The number of hydrogen-bond acceptors (Lipinski definition) is 7. The molecule has 2 aliphatic rings. The molecule has 4 atom stereocenters. The second-order valence-electron chi connectivity index (χ2n) is 10.8. The Bertz CT molecular complexity index is 1310. The third-order valence-corrected chi connectivity index (χ3v) is 7.93. The van der Waals surface area contributed by atoms with Crippen LogP contribution in [0, 0.1) is 5.92 Å². The number of ether oxygens (including phenoxy) is 4. The normalized spacial score (nSPS) is 22.8. The van der Waals surface area contributed by atoms with Gasteiger partial charge in [0.05, 0.1) is 32.0 Å². The topological polar surface area (TPSA) is 89.5 Å². The Hall–Kier alpha value is -3.53. The minimum absolute atomic E-state index is 0.0116. The number of amides is 1. The summed E-state index contributed by atoms with van der Waals surface area (Å²) in [5.41, 5.74) is 5.93. The lowest BCUT2D eigenvalue weighted by molar-refractivity contribution is -0.277. The third kappa shape index (κ3) is 7.45. The van der Waals surface area contributed by atoms with Gasteiger partial charge in [-0.2, -0.15) is 0 Å². The van der Waals surface area contributed by atoms with Gasteiger partial charge in [-0.3, -0.25) is 4.90 Å². The van der Waals surface area contributed by atoms with Crippen LogP contribution in [-0.4, -0.2) is 61.7 Å². The first-order valence-corrected chi connectivity index (χ1v) is 14.6. The molecule has 2 aliphatic heterocycles. The van der Waals surface area contributed by atoms with Gasteiger partial charge in [-0.05, 0) is 27.8 Å². The van der Waals surface area contributed by atoms with Crippen molar-refractivity contribution in [2.75, 3.05) is 39.5 Å². The number of aliphatic hydroxyl groups excluding tert-OH is 1. The van der Waals surface area contributed by atoms with Gasteiger partial charge in [0, 0.05) is 37.7 Å². The first-order valence-electron chi connectivity index (χ1n) is 14.6. The summed E-state index contributed by atoms with van der Waals surface area (Å²) in [5, 5.41) is 12.3. The zero-order chi connectivity index (χ0) is 29.3. The van der Waals surface area contributed by atoms with E-state index in [-0.39, 0.29) is 31.3 Å². The molecular formula is C34H40N2O6. The van der Waals surface area contributed by atoms with Gasteiger partial charge in [-0.25, -0.2) is 4.79 Å². The lowest BCUT2D eigenvalue weighted by Crippen LogP contribution is -2.47. The third-order valence-electron chi connectivity index (χ3n) is 7.93. The maximum absolute atomic E-state index is 11.9. The average molecular weight is 573 g/mol. The summed E-state index contributed by atoms with van der Waals surface area (Å²) < 4.78 is 23.9. The molecule has 8 heteroatoms. The number of aliphatic hydroxyl groups is 1. The molecule has 0 saturated carbocycles. The number of carbonyl (C=O) groups excluding carboxylic acids is 1. The van der Waals surface area contributed by atoms with Crippen LogP contribution < -0.4 is 5.32 Å². The summed E-state index contributed by atoms with van der Waals surface area (Å²) in [6.45, 7) is 10.4. The van der Waals surface area contributed by atoms with Crippen LogP contribution in [0.15, 0.2) is 85.5 Å². The molecule has 42 heavy (non-hydrogen) atoms. The van der Waals surface area contributed by atoms with E-state index in [9.17, 15) is 9.90 Å². The van der Waals surface area contributed by atoms with E-state index in [1.54, 1.807) is 0 Å². The largest absolute Gasteiger partial charge is 0.445 e. The van der Waals surface area contributed by atoms with Crippen molar-refractivity contribution in [3.8, 4) is 11.1 Å². The summed E-state index contributed by atoms with van der Waals surface area (Å²) in [6, 6.07) is 24.2. The number of alkyl carbamates (subject to hydrolysis) is 1. The number of morpholine rings is 1. The maximum atomic E-state index is 11.9. The van der Waals surface area contributed by atoms with Crippen LogP contribution in [0.2, 0.25) is 0 Å². The van der Waals surface area contributed by atoms with Crippen LogP contribution >= 0.6 is 0 Å². The van der Waals surface area contributed by atoms with Crippen LogP contribution in [-0.2, 0) is 32.1 Å². The van der Waals surface area contributed by atoms with E-state index in [2.05, 4.69) is 48.0 Å². The van der Waals surface area contributed by atoms with E-state index in [0.29, 0.717) is 6.54 Å². The standard InChI is InChI=1S/C34H40N2O6/c1-3-18-40-34(38)35-21-29-6-4-5-7-30(29)26-12-14-28(15-13-26)33-41-31(22-36-16-19-39-20-17-36)24(2)32(42-33)27-10-8-25(23-37)9-11-27/h3-15,24,31-33,37H,1,16-23H2,2H3,(H,35,38). The van der Waals surface area contributed by atoms with Crippen molar-refractivity contribution >= 4 is 6.09 Å². The van der Waals surface area contributed by atoms with Gasteiger partial charge >= 0.3 is 6.09 Å². The number of hydrogen-bond donors (Lipinski definition) is 2. The Balaban J connectivity index is 1.35. The lowest BCUT2D eigenvalue weighted by atomic mass is 9.90. The van der Waals surface area contributed by atoms with Gasteiger partial charge in [0.1, 0.15) is 6.61 Å². The van der Waals surface area contributed by atoms with E-state index in [1.807, 2.05) is 48.5 Å². The summed E-state index contributed by atoms with van der Waals surface area (Å²) in [4.78, 5) is 14.4. The van der Waals surface area contributed by atoms with Gasteiger partial charge in [0.15, 0.2) is 6.29 Å². The molecule has 0 spiro atoms. The smallest absolute Gasteiger partial charge is 0.407 e. The average Bonchev–Trinajstić information content (AvgIpc) is 3.04. The number of carbonyl (C=O) groups is 1. The van der Waals surface area contributed by atoms with Crippen molar-refractivity contribution in [3.05, 3.63) is 108 Å². The van der Waals surface area contributed by atoms with E-state index >= 15 is 0 Å². The summed E-state index contributed by atoms with van der Waals surface area (Å²) in [6.07, 6.45) is 0.343. The maximum Gasteiger partial charge on any atom is 0.407 e. The van der Waals surface area contributed by atoms with Gasteiger partial charge in [0.2, 0.25) is 0 Å². The molecule has 0 aliphatic carbocycles. The number of benzene rings is 3. The number of nitrogens with zero attached hydrogens (tertiary/aromatic N) is 1. The van der Waals surface area contributed by atoms with Crippen LogP contribution in [0.1, 0.15) is 41.6 Å². The molecule has 2 saturated heterocycles. The second kappa shape index (κ2) is 14.6. The van der Waals surface area contributed by atoms with E-state index < -0.39 is 12.4 Å². The van der Waals surface area contributed by atoms with E-state index in [0.717, 1.165) is 66.2 Å². The van der Waals surface area contributed by atoms with Gasteiger partial charge in [0.25, 0.3) is 0 Å². The molecule has 0 aromatic heterocycles. The first kappa shape index (κ1) is 29.9. The quantitative estimate of drug-likeness (QED) is 0.315. The molecule has 2 N–H and O–H groups in total. The van der Waals surface area contributed by atoms with Gasteiger partial charge in [-0.15, -0.1) is 0 Å². The fourth-order valence-corrected chi connectivity index (χ4v) is 5.50. The van der Waals surface area contributed by atoms with E-state index in [4.69, 9.17) is 18.9 Å². The summed E-state index contributed by atoms with van der Waals surface area (Å²) >= 11 is 0. The summed E-state index contributed by atoms with van der Waals surface area (Å²) in [7, 11) is 0.